The van der Waals surface area contributed by atoms with E-state index >= 15 is 0 Å². The Bertz CT molecular complexity index is 1120. The molecule has 4 atom stereocenters. The number of rotatable bonds is 3. The quantitative estimate of drug-likeness (QED) is 0.762. The topological polar surface area (TPSA) is 84.0 Å². The SMILES string of the molecule is Cc1ncnc2c1ccn2[C@@H]1O[C@H](Cc2ccc3c(c2)CC3(C)C#N)C[C@H]1O. The van der Waals surface area contributed by atoms with Crippen LogP contribution in [0.5, 0.6) is 0 Å². The first-order valence-corrected chi connectivity index (χ1v) is 9.64. The molecule has 0 bridgehead atoms. The number of aromatic nitrogens is 3. The van der Waals surface area contributed by atoms with Crippen molar-refractivity contribution in [1.82, 2.24) is 14.5 Å². The minimum Gasteiger partial charge on any atom is -0.388 e. The molecule has 0 radical (unpaired) electrons. The predicted octanol–water partition coefficient (Wildman–Crippen LogP) is 2.97. The average molecular weight is 374 g/mol. The van der Waals surface area contributed by atoms with Gasteiger partial charge in [-0.3, -0.25) is 0 Å². The van der Waals surface area contributed by atoms with E-state index in [4.69, 9.17) is 4.74 Å². The van der Waals surface area contributed by atoms with Crippen molar-refractivity contribution >= 4 is 11.0 Å². The molecule has 3 heterocycles. The number of ether oxygens (including phenoxy) is 1. The summed E-state index contributed by atoms with van der Waals surface area (Å²) in [6, 6.07) is 10.7. The number of aliphatic hydroxyl groups is 1. The first-order chi connectivity index (χ1) is 13.5. The van der Waals surface area contributed by atoms with Crippen LogP contribution in [0.4, 0.5) is 0 Å². The van der Waals surface area contributed by atoms with Gasteiger partial charge < -0.3 is 14.4 Å². The average Bonchev–Trinajstić information content (AvgIpc) is 3.24. The number of hydrogen-bond donors (Lipinski definition) is 1. The molecule has 3 aromatic rings. The minimum absolute atomic E-state index is 0.0548. The lowest BCUT2D eigenvalue weighted by Crippen LogP contribution is -2.34. The molecule has 1 N–H and O–H groups in total. The molecule has 6 nitrogen and oxygen atoms in total. The molecule has 142 valence electrons. The molecular weight excluding hydrogens is 352 g/mol. The van der Waals surface area contributed by atoms with E-state index in [-0.39, 0.29) is 11.5 Å². The lowest BCUT2D eigenvalue weighted by atomic mass is 9.66. The van der Waals surface area contributed by atoms with Gasteiger partial charge in [-0.15, -0.1) is 0 Å². The van der Waals surface area contributed by atoms with Gasteiger partial charge in [0.05, 0.1) is 23.3 Å². The third-order valence-corrected chi connectivity index (χ3v) is 6.17. The summed E-state index contributed by atoms with van der Waals surface area (Å²) in [6.07, 6.45) is 4.52. The van der Waals surface area contributed by atoms with Crippen LogP contribution in [-0.4, -0.2) is 31.8 Å². The molecule has 1 aliphatic carbocycles. The van der Waals surface area contributed by atoms with Gasteiger partial charge in [-0.2, -0.15) is 5.26 Å². The Balaban J connectivity index is 1.35. The number of aliphatic hydroxyl groups excluding tert-OH is 1. The van der Waals surface area contributed by atoms with E-state index in [9.17, 15) is 10.4 Å². The first-order valence-electron chi connectivity index (χ1n) is 9.64. The lowest BCUT2D eigenvalue weighted by Gasteiger charge is -2.35. The van der Waals surface area contributed by atoms with Crippen molar-refractivity contribution in [3.05, 3.63) is 59.2 Å². The van der Waals surface area contributed by atoms with Crippen LogP contribution in [0.25, 0.3) is 11.0 Å². The van der Waals surface area contributed by atoms with Gasteiger partial charge >= 0.3 is 0 Å². The van der Waals surface area contributed by atoms with Gasteiger partial charge in [-0.1, -0.05) is 18.2 Å². The Morgan fingerprint density at radius 3 is 3.00 bits per heavy atom. The van der Waals surface area contributed by atoms with E-state index in [1.807, 2.05) is 30.7 Å². The van der Waals surface area contributed by atoms with Gasteiger partial charge in [0, 0.05) is 18.0 Å². The largest absolute Gasteiger partial charge is 0.388 e. The molecule has 0 spiro atoms. The Morgan fingerprint density at radius 1 is 1.36 bits per heavy atom. The maximum absolute atomic E-state index is 10.6. The predicted molar refractivity (Wildman–Crippen MR) is 104 cm³/mol. The fourth-order valence-corrected chi connectivity index (χ4v) is 4.60. The molecule has 1 fully saturated rings. The second-order valence-corrected chi connectivity index (χ2v) is 8.19. The number of aryl methyl sites for hydroxylation is 1. The number of fused-ring (bicyclic) bond motifs is 2. The number of nitriles is 1. The van der Waals surface area contributed by atoms with Crippen molar-refractivity contribution in [2.75, 3.05) is 0 Å². The zero-order chi connectivity index (χ0) is 19.5. The van der Waals surface area contributed by atoms with Crippen LogP contribution >= 0.6 is 0 Å². The second kappa shape index (κ2) is 6.13. The third kappa shape index (κ3) is 2.55. The number of benzene rings is 1. The summed E-state index contributed by atoms with van der Waals surface area (Å²) in [4.78, 5) is 8.60. The maximum Gasteiger partial charge on any atom is 0.161 e. The molecule has 1 aromatic carbocycles. The molecule has 0 amide bonds. The van der Waals surface area contributed by atoms with E-state index in [1.54, 1.807) is 6.33 Å². The summed E-state index contributed by atoms with van der Waals surface area (Å²) < 4.78 is 8.13. The smallest absolute Gasteiger partial charge is 0.161 e. The number of nitrogens with zero attached hydrogens (tertiary/aromatic N) is 4. The van der Waals surface area contributed by atoms with Gasteiger partial charge in [-0.25, -0.2) is 9.97 Å². The van der Waals surface area contributed by atoms with E-state index < -0.39 is 12.3 Å². The Morgan fingerprint density at radius 2 is 2.21 bits per heavy atom. The third-order valence-electron chi connectivity index (χ3n) is 6.17. The first kappa shape index (κ1) is 17.4. The van der Waals surface area contributed by atoms with Crippen LogP contribution in [0.1, 0.15) is 42.0 Å². The molecule has 6 heteroatoms. The summed E-state index contributed by atoms with van der Waals surface area (Å²) in [5, 5.41) is 20.9. The monoisotopic (exact) mass is 374 g/mol. The summed E-state index contributed by atoms with van der Waals surface area (Å²) >= 11 is 0. The van der Waals surface area contributed by atoms with Crippen molar-refractivity contribution < 1.29 is 9.84 Å². The standard InChI is InChI=1S/C22H22N4O2/c1-13-17-5-6-26(20(17)25-12-24-13)21-19(27)9-16(28-21)8-14-3-4-18-15(7-14)10-22(18,2)11-23/h3-7,12,16,19,21,27H,8-10H2,1-2H3/t16-,19-,21-,22?/m1/s1. The van der Waals surface area contributed by atoms with Crippen molar-refractivity contribution in [3.63, 3.8) is 0 Å². The summed E-state index contributed by atoms with van der Waals surface area (Å²) in [6.45, 7) is 3.94. The van der Waals surface area contributed by atoms with E-state index in [0.717, 1.165) is 35.1 Å². The van der Waals surface area contributed by atoms with Crippen LogP contribution in [0.2, 0.25) is 0 Å². The normalized spacial score (nSPS) is 28.7. The molecule has 2 aliphatic rings. The van der Waals surface area contributed by atoms with Crippen LogP contribution < -0.4 is 0 Å². The van der Waals surface area contributed by atoms with Gasteiger partial charge in [0.25, 0.3) is 0 Å². The lowest BCUT2D eigenvalue weighted by molar-refractivity contribution is -0.0341. The van der Waals surface area contributed by atoms with Gasteiger partial charge in [0.2, 0.25) is 0 Å². The minimum atomic E-state index is -0.579. The summed E-state index contributed by atoms with van der Waals surface area (Å²) in [5.41, 5.74) is 4.94. The Labute approximate surface area is 163 Å². The highest BCUT2D eigenvalue weighted by molar-refractivity contribution is 5.78. The highest BCUT2D eigenvalue weighted by atomic mass is 16.5. The van der Waals surface area contributed by atoms with Crippen molar-refractivity contribution in [1.29, 1.82) is 5.26 Å². The second-order valence-electron chi connectivity index (χ2n) is 8.19. The maximum atomic E-state index is 10.6. The Hall–Kier alpha value is -2.75. The molecule has 2 aromatic heterocycles. The highest BCUT2D eigenvalue weighted by Crippen LogP contribution is 2.41. The fraction of sp³-hybridized carbons (Fsp3) is 0.409. The zero-order valence-electron chi connectivity index (χ0n) is 16.0. The molecule has 1 aliphatic heterocycles. The molecular formula is C22H22N4O2. The van der Waals surface area contributed by atoms with Crippen molar-refractivity contribution in [2.45, 2.75) is 57.0 Å². The zero-order valence-corrected chi connectivity index (χ0v) is 16.0. The van der Waals surface area contributed by atoms with Crippen LogP contribution in [-0.2, 0) is 23.0 Å². The summed E-state index contributed by atoms with van der Waals surface area (Å²) in [7, 11) is 0. The van der Waals surface area contributed by atoms with E-state index in [0.29, 0.717) is 6.42 Å². The Kier molecular flexibility index (Phi) is 3.80. The van der Waals surface area contributed by atoms with Crippen LogP contribution in [0, 0.1) is 18.3 Å². The van der Waals surface area contributed by atoms with Gasteiger partial charge in [-0.05, 0) is 49.4 Å². The molecule has 1 unspecified atom stereocenters. The molecule has 1 saturated heterocycles. The van der Waals surface area contributed by atoms with E-state index in [2.05, 4.69) is 34.2 Å². The highest BCUT2D eigenvalue weighted by Gasteiger charge is 2.39. The number of hydrogen-bond acceptors (Lipinski definition) is 5. The van der Waals surface area contributed by atoms with Gasteiger partial charge in [0.1, 0.15) is 18.1 Å². The van der Waals surface area contributed by atoms with Crippen LogP contribution in [0.15, 0.2) is 36.8 Å². The van der Waals surface area contributed by atoms with Crippen molar-refractivity contribution in [2.24, 2.45) is 0 Å². The molecule has 0 saturated carbocycles. The molecule has 28 heavy (non-hydrogen) atoms. The fourth-order valence-electron chi connectivity index (χ4n) is 4.60. The van der Waals surface area contributed by atoms with Gasteiger partial charge in [0.15, 0.2) is 6.23 Å². The van der Waals surface area contributed by atoms with Crippen LogP contribution in [0.3, 0.4) is 0 Å². The summed E-state index contributed by atoms with van der Waals surface area (Å²) in [5.74, 6) is 0. The van der Waals surface area contributed by atoms with Crippen molar-refractivity contribution in [3.8, 4) is 6.07 Å². The molecule has 5 rings (SSSR count). The van der Waals surface area contributed by atoms with E-state index in [1.165, 1.54) is 11.1 Å².